The predicted molar refractivity (Wildman–Crippen MR) is 71.6 cm³/mol. The van der Waals surface area contributed by atoms with Crippen LogP contribution in [0.2, 0.25) is 0 Å². The van der Waals surface area contributed by atoms with Crippen LogP contribution >= 0.6 is 0 Å². The zero-order chi connectivity index (χ0) is 12.0. The van der Waals surface area contributed by atoms with E-state index in [1.54, 1.807) is 6.07 Å². The molecule has 0 saturated carbocycles. The second kappa shape index (κ2) is 3.52. The minimum Gasteiger partial charge on any atom is -0.506 e. The summed E-state index contributed by atoms with van der Waals surface area (Å²) in [7, 11) is 0. The standard InChI is InChI=1S/C15H15NO/c1-9(2)10-6-7-13-12(8-10)11-4-3-5-14(17)15(11)16-13/h3-9,16-17H,1-2H3. The third-order valence-corrected chi connectivity index (χ3v) is 3.30. The molecule has 0 aliphatic heterocycles. The number of phenols is 1. The molecule has 2 nitrogen and oxygen atoms in total. The molecule has 0 unspecified atom stereocenters. The Bertz CT molecular complexity index is 695. The molecule has 1 aromatic heterocycles. The average molecular weight is 225 g/mol. The number of nitrogens with one attached hydrogen (secondary N) is 1. The fraction of sp³-hybridized carbons (Fsp3) is 0.200. The van der Waals surface area contributed by atoms with Crippen molar-refractivity contribution < 1.29 is 5.11 Å². The summed E-state index contributed by atoms with van der Waals surface area (Å²) in [6, 6.07) is 12.1. The largest absolute Gasteiger partial charge is 0.506 e. The summed E-state index contributed by atoms with van der Waals surface area (Å²) in [4.78, 5) is 3.26. The number of fused-ring (bicyclic) bond motifs is 3. The monoisotopic (exact) mass is 225 g/mol. The molecule has 0 fully saturated rings. The Kier molecular flexibility index (Phi) is 2.11. The lowest BCUT2D eigenvalue weighted by molar-refractivity contribution is 0.480. The van der Waals surface area contributed by atoms with Gasteiger partial charge in [-0.15, -0.1) is 0 Å². The Hall–Kier alpha value is -1.96. The van der Waals surface area contributed by atoms with Crippen LogP contribution in [0.5, 0.6) is 5.75 Å². The molecule has 3 rings (SSSR count). The molecular formula is C15H15NO. The van der Waals surface area contributed by atoms with Gasteiger partial charge in [0.2, 0.25) is 0 Å². The van der Waals surface area contributed by atoms with E-state index in [1.165, 1.54) is 10.9 Å². The second-order valence-corrected chi connectivity index (χ2v) is 4.78. The highest BCUT2D eigenvalue weighted by atomic mass is 16.3. The minimum atomic E-state index is 0.310. The average Bonchev–Trinajstić information content (AvgIpc) is 2.68. The van der Waals surface area contributed by atoms with Crippen molar-refractivity contribution in [1.29, 1.82) is 0 Å². The van der Waals surface area contributed by atoms with Gasteiger partial charge in [-0.05, 0) is 29.7 Å². The highest BCUT2D eigenvalue weighted by Crippen LogP contribution is 2.32. The van der Waals surface area contributed by atoms with E-state index in [-0.39, 0.29) is 0 Å². The number of aromatic amines is 1. The van der Waals surface area contributed by atoms with Crippen LogP contribution < -0.4 is 0 Å². The van der Waals surface area contributed by atoms with Gasteiger partial charge >= 0.3 is 0 Å². The maximum atomic E-state index is 9.82. The van der Waals surface area contributed by atoms with Gasteiger partial charge in [-0.25, -0.2) is 0 Å². The van der Waals surface area contributed by atoms with Gasteiger partial charge in [-0.2, -0.15) is 0 Å². The maximum absolute atomic E-state index is 9.82. The molecule has 0 atom stereocenters. The first-order valence-electron chi connectivity index (χ1n) is 5.90. The third-order valence-electron chi connectivity index (χ3n) is 3.30. The Morgan fingerprint density at radius 3 is 2.65 bits per heavy atom. The van der Waals surface area contributed by atoms with Gasteiger partial charge in [0.15, 0.2) is 0 Å². The van der Waals surface area contributed by atoms with Crippen molar-refractivity contribution in [3.63, 3.8) is 0 Å². The number of benzene rings is 2. The Balaban J connectivity index is 2.42. The summed E-state index contributed by atoms with van der Waals surface area (Å²) in [6.07, 6.45) is 0. The Labute approximate surface area is 99.9 Å². The molecule has 2 N–H and O–H groups in total. The predicted octanol–water partition coefficient (Wildman–Crippen LogP) is 4.15. The Morgan fingerprint density at radius 1 is 1.06 bits per heavy atom. The van der Waals surface area contributed by atoms with Crippen LogP contribution in [0.4, 0.5) is 0 Å². The molecule has 3 aromatic rings. The van der Waals surface area contributed by atoms with E-state index in [4.69, 9.17) is 0 Å². The molecule has 86 valence electrons. The summed E-state index contributed by atoms with van der Waals surface area (Å²) in [5, 5.41) is 12.1. The van der Waals surface area contributed by atoms with Gasteiger partial charge in [0, 0.05) is 16.3 Å². The maximum Gasteiger partial charge on any atom is 0.139 e. The van der Waals surface area contributed by atoms with E-state index < -0.39 is 0 Å². The first-order valence-corrected chi connectivity index (χ1v) is 5.90. The topological polar surface area (TPSA) is 36.0 Å². The molecular weight excluding hydrogens is 210 g/mol. The van der Waals surface area contributed by atoms with Crippen molar-refractivity contribution in [2.75, 3.05) is 0 Å². The van der Waals surface area contributed by atoms with E-state index in [2.05, 4.69) is 37.0 Å². The van der Waals surface area contributed by atoms with Crippen LogP contribution in [0.15, 0.2) is 36.4 Å². The lowest BCUT2D eigenvalue weighted by Gasteiger charge is -2.04. The van der Waals surface area contributed by atoms with Gasteiger partial charge < -0.3 is 10.1 Å². The Morgan fingerprint density at radius 2 is 1.88 bits per heavy atom. The number of para-hydroxylation sites is 1. The number of hydrogen-bond acceptors (Lipinski definition) is 1. The summed E-state index contributed by atoms with van der Waals surface area (Å²) >= 11 is 0. The van der Waals surface area contributed by atoms with Crippen molar-refractivity contribution in [1.82, 2.24) is 4.98 Å². The summed E-state index contributed by atoms with van der Waals surface area (Å²) in [6.45, 7) is 4.38. The molecule has 0 spiro atoms. The van der Waals surface area contributed by atoms with Crippen LogP contribution in [-0.2, 0) is 0 Å². The van der Waals surface area contributed by atoms with Gasteiger partial charge in [0.1, 0.15) is 5.75 Å². The summed E-state index contributed by atoms with van der Waals surface area (Å²) in [5.41, 5.74) is 3.22. The zero-order valence-electron chi connectivity index (χ0n) is 9.99. The summed E-state index contributed by atoms with van der Waals surface area (Å²) in [5.74, 6) is 0.825. The first kappa shape index (κ1) is 10.2. The van der Waals surface area contributed by atoms with Crippen molar-refractivity contribution in [2.24, 2.45) is 0 Å². The van der Waals surface area contributed by atoms with Crippen LogP contribution in [-0.4, -0.2) is 10.1 Å². The lowest BCUT2D eigenvalue weighted by Crippen LogP contribution is -1.85. The summed E-state index contributed by atoms with van der Waals surface area (Å²) < 4.78 is 0. The molecule has 0 radical (unpaired) electrons. The fourth-order valence-electron chi connectivity index (χ4n) is 2.28. The van der Waals surface area contributed by atoms with Crippen molar-refractivity contribution >= 4 is 21.8 Å². The van der Waals surface area contributed by atoms with E-state index >= 15 is 0 Å². The van der Waals surface area contributed by atoms with Crippen molar-refractivity contribution in [3.8, 4) is 5.75 Å². The SMILES string of the molecule is CC(C)c1ccc2[nH]c3c(O)cccc3c2c1. The number of rotatable bonds is 1. The van der Waals surface area contributed by atoms with Gasteiger partial charge in [-0.3, -0.25) is 0 Å². The number of H-pyrrole nitrogens is 1. The number of phenolic OH excluding ortho intramolecular Hbond substituents is 1. The normalized spacial score (nSPS) is 11.7. The van der Waals surface area contributed by atoms with E-state index in [1.807, 2.05) is 12.1 Å². The van der Waals surface area contributed by atoms with Crippen molar-refractivity contribution in [2.45, 2.75) is 19.8 Å². The molecule has 0 aliphatic carbocycles. The molecule has 0 saturated heterocycles. The molecule has 0 aliphatic rings. The van der Waals surface area contributed by atoms with E-state index in [0.717, 1.165) is 16.4 Å². The van der Waals surface area contributed by atoms with E-state index in [0.29, 0.717) is 11.7 Å². The number of aromatic nitrogens is 1. The minimum absolute atomic E-state index is 0.310. The van der Waals surface area contributed by atoms with Gasteiger partial charge in [0.25, 0.3) is 0 Å². The molecule has 0 bridgehead atoms. The van der Waals surface area contributed by atoms with Crippen LogP contribution in [0, 0.1) is 0 Å². The van der Waals surface area contributed by atoms with Crippen LogP contribution in [0.1, 0.15) is 25.3 Å². The lowest BCUT2D eigenvalue weighted by atomic mass is 10.0. The number of hydrogen-bond donors (Lipinski definition) is 2. The second-order valence-electron chi connectivity index (χ2n) is 4.78. The smallest absolute Gasteiger partial charge is 0.139 e. The molecule has 2 heteroatoms. The van der Waals surface area contributed by atoms with E-state index in [9.17, 15) is 5.11 Å². The molecule has 2 aromatic carbocycles. The van der Waals surface area contributed by atoms with Gasteiger partial charge in [0.05, 0.1) is 5.52 Å². The zero-order valence-corrected chi connectivity index (χ0v) is 9.99. The highest BCUT2D eigenvalue weighted by Gasteiger charge is 2.08. The fourth-order valence-corrected chi connectivity index (χ4v) is 2.28. The van der Waals surface area contributed by atoms with Gasteiger partial charge in [-0.1, -0.05) is 32.0 Å². The number of aromatic hydroxyl groups is 1. The molecule has 17 heavy (non-hydrogen) atoms. The highest BCUT2D eigenvalue weighted by molar-refractivity contribution is 6.09. The van der Waals surface area contributed by atoms with Crippen LogP contribution in [0.25, 0.3) is 21.8 Å². The first-order chi connectivity index (χ1) is 8.16. The quantitative estimate of drug-likeness (QED) is 0.641. The third kappa shape index (κ3) is 1.48. The van der Waals surface area contributed by atoms with Crippen LogP contribution in [0.3, 0.4) is 0 Å². The molecule has 1 heterocycles. The molecule has 0 amide bonds. The van der Waals surface area contributed by atoms with Crippen molar-refractivity contribution in [3.05, 3.63) is 42.0 Å².